The number of nitrogens with one attached hydrogen (secondary N) is 2. The molecule has 1 heterocycles. The first-order chi connectivity index (χ1) is 15.9. The topological polar surface area (TPSA) is 78.1 Å². The molecular formula is C26H31FN4O2. The van der Waals surface area contributed by atoms with Crippen LogP contribution in [-0.4, -0.2) is 46.5 Å². The third kappa shape index (κ3) is 7.56. The third-order valence-corrected chi connectivity index (χ3v) is 5.53. The molecule has 1 unspecified atom stereocenters. The molecule has 0 aliphatic carbocycles. The molecule has 0 bridgehead atoms. The molecule has 3 aromatic rings. The van der Waals surface area contributed by atoms with Gasteiger partial charge in [-0.15, -0.1) is 0 Å². The number of halogens is 1. The minimum Gasteiger partial charge on any atom is -0.349 e. The van der Waals surface area contributed by atoms with Gasteiger partial charge in [0.1, 0.15) is 5.82 Å². The normalized spacial score (nSPS) is 11.7. The summed E-state index contributed by atoms with van der Waals surface area (Å²) in [5, 5.41) is 10.2. The minimum absolute atomic E-state index is 0.0216. The van der Waals surface area contributed by atoms with Gasteiger partial charge in [-0.3, -0.25) is 14.7 Å². The van der Waals surface area contributed by atoms with Crippen molar-refractivity contribution in [3.8, 4) is 11.3 Å². The van der Waals surface area contributed by atoms with Crippen LogP contribution in [0, 0.1) is 5.82 Å². The smallest absolute Gasteiger partial charge is 0.251 e. The van der Waals surface area contributed by atoms with Crippen LogP contribution in [-0.2, 0) is 11.2 Å². The first-order valence-electron chi connectivity index (χ1n) is 11.3. The predicted octanol–water partition coefficient (Wildman–Crippen LogP) is 4.60. The number of amides is 2. The minimum atomic E-state index is -0.260. The van der Waals surface area contributed by atoms with E-state index in [0.29, 0.717) is 12.1 Å². The first kappa shape index (κ1) is 24.2. The van der Waals surface area contributed by atoms with Crippen molar-refractivity contribution in [3.05, 3.63) is 77.7 Å². The van der Waals surface area contributed by atoms with Gasteiger partial charge in [0.05, 0.1) is 5.69 Å². The largest absolute Gasteiger partial charge is 0.349 e. The zero-order chi connectivity index (χ0) is 23.6. The maximum absolute atomic E-state index is 13.1. The summed E-state index contributed by atoms with van der Waals surface area (Å²) in [5.74, 6) is -0.405. The number of carbonyl (C=O) groups is 2. The lowest BCUT2D eigenvalue weighted by Crippen LogP contribution is -2.38. The molecule has 0 spiro atoms. The Bertz CT molecular complexity index is 1030. The summed E-state index contributed by atoms with van der Waals surface area (Å²) < 4.78 is 13.1. The van der Waals surface area contributed by atoms with Gasteiger partial charge in [0.15, 0.2) is 0 Å². The van der Waals surface area contributed by atoms with Gasteiger partial charge in [-0.2, -0.15) is 5.10 Å². The summed E-state index contributed by atoms with van der Waals surface area (Å²) in [6.07, 6.45) is 4.02. The van der Waals surface area contributed by atoms with E-state index in [9.17, 15) is 14.0 Å². The number of hydrogen-bond donors (Lipinski definition) is 2. The van der Waals surface area contributed by atoms with E-state index < -0.39 is 0 Å². The molecule has 1 atom stereocenters. The zero-order valence-corrected chi connectivity index (χ0v) is 19.2. The Morgan fingerprint density at radius 2 is 1.79 bits per heavy atom. The average Bonchev–Trinajstić information content (AvgIpc) is 3.28. The van der Waals surface area contributed by atoms with Gasteiger partial charge in [0.2, 0.25) is 5.91 Å². The molecule has 1 aromatic heterocycles. The summed E-state index contributed by atoms with van der Waals surface area (Å²) in [5.41, 5.74) is 3.32. The maximum Gasteiger partial charge on any atom is 0.251 e. The fourth-order valence-corrected chi connectivity index (χ4v) is 3.59. The molecule has 6 nitrogen and oxygen atoms in total. The van der Waals surface area contributed by atoms with Crippen LogP contribution in [0.3, 0.4) is 0 Å². The number of nitrogens with zero attached hydrogens (tertiary/aromatic N) is 2. The van der Waals surface area contributed by atoms with E-state index in [1.54, 1.807) is 36.2 Å². The van der Waals surface area contributed by atoms with Crippen LogP contribution >= 0.6 is 0 Å². The molecule has 174 valence electrons. The number of rotatable bonds is 11. The van der Waals surface area contributed by atoms with Crippen LogP contribution in [0.5, 0.6) is 0 Å². The molecule has 0 radical (unpaired) electrons. The van der Waals surface area contributed by atoms with Gasteiger partial charge in [-0.25, -0.2) is 4.39 Å². The summed E-state index contributed by atoms with van der Waals surface area (Å²) in [4.78, 5) is 26.4. The van der Waals surface area contributed by atoms with E-state index in [0.717, 1.165) is 42.6 Å². The fourth-order valence-electron chi connectivity index (χ4n) is 3.59. The van der Waals surface area contributed by atoms with Crippen LogP contribution < -0.4 is 5.32 Å². The molecule has 2 amide bonds. The monoisotopic (exact) mass is 450 g/mol. The Labute approximate surface area is 194 Å². The number of aromatic nitrogens is 2. The fraction of sp³-hybridized carbons (Fsp3) is 0.346. The highest BCUT2D eigenvalue weighted by molar-refractivity contribution is 5.94. The Kier molecular flexibility index (Phi) is 8.75. The summed E-state index contributed by atoms with van der Waals surface area (Å²) in [7, 11) is 1.80. The van der Waals surface area contributed by atoms with E-state index in [2.05, 4.69) is 15.5 Å². The molecule has 2 aromatic carbocycles. The van der Waals surface area contributed by atoms with Crippen LogP contribution in [0.1, 0.15) is 48.7 Å². The molecule has 0 fully saturated rings. The van der Waals surface area contributed by atoms with Crippen molar-refractivity contribution >= 4 is 11.8 Å². The van der Waals surface area contributed by atoms with Gasteiger partial charge in [-0.05, 0) is 68.7 Å². The third-order valence-electron chi connectivity index (χ3n) is 5.53. The van der Waals surface area contributed by atoms with Crippen molar-refractivity contribution in [1.29, 1.82) is 0 Å². The molecule has 3 rings (SSSR count). The van der Waals surface area contributed by atoms with Crippen molar-refractivity contribution < 1.29 is 14.0 Å². The summed E-state index contributed by atoms with van der Waals surface area (Å²) >= 11 is 0. The Hall–Kier alpha value is -3.48. The molecule has 0 saturated carbocycles. The second kappa shape index (κ2) is 11.9. The highest BCUT2D eigenvalue weighted by Crippen LogP contribution is 2.19. The second-order valence-corrected chi connectivity index (χ2v) is 8.36. The quantitative estimate of drug-likeness (QED) is 0.419. The number of unbranched alkanes of at least 4 members (excludes halogenated alkanes) is 2. The molecule has 0 saturated heterocycles. The lowest BCUT2D eigenvalue weighted by molar-refractivity contribution is -0.130. The number of carbonyl (C=O) groups excluding carboxylic acids is 2. The number of aromatic amines is 1. The molecule has 0 aliphatic heterocycles. The summed E-state index contributed by atoms with van der Waals surface area (Å²) in [6.45, 7) is 2.53. The van der Waals surface area contributed by atoms with Crippen LogP contribution in [0.15, 0.2) is 60.7 Å². The maximum atomic E-state index is 13.1. The molecule has 7 heteroatoms. The van der Waals surface area contributed by atoms with Crippen molar-refractivity contribution in [3.63, 3.8) is 0 Å². The van der Waals surface area contributed by atoms with E-state index >= 15 is 0 Å². The Balaban J connectivity index is 1.32. The van der Waals surface area contributed by atoms with Gasteiger partial charge >= 0.3 is 0 Å². The van der Waals surface area contributed by atoms with Crippen molar-refractivity contribution in [2.45, 2.75) is 45.1 Å². The highest BCUT2D eigenvalue weighted by atomic mass is 19.1. The second-order valence-electron chi connectivity index (χ2n) is 8.36. The lowest BCUT2D eigenvalue weighted by atomic mass is 10.1. The average molecular weight is 451 g/mol. The SMILES string of the molecule is CC(CC(=O)N(C)CCCCCc1cc(-c2ccc(F)cc2)n[nH]1)NC(=O)c1ccccc1. The van der Waals surface area contributed by atoms with Crippen molar-refractivity contribution in [2.24, 2.45) is 0 Å². The Morgan fingerprint density at radius 3 is 2.52 bits per heavy atom. The van der Waals surface area contributed by atoms with Gasteiger partial charge < -0.3 is 10.2 Å². The standard InChI is InChI=1S/C26H31FN4O2/c1-19(28-26(33)21-9-5-3-6-10-21)17-25(32)31(2)16-8-4-7-11-23-18-24(30-29-23)20-12-14-22(27)15-13-20/h3,5-6,9-10,12-15,18-19H,4,7-8,11,16-17H2,1-2H3,(H,28,33)(H,29,30). The van der Waals surface area contributed by atoms with Crippen molar-refractivity contribution in [2.75, 3.05) is 13.6 Å². The van der Waals surface area contributed by atoms with E-state index in [-0.39, 0.29) is 30.1 Å². The number of H-pyrrole nitrogens is 1. The summed E-state index contributed by atoms with van der Waals surface area (Å²) in [6, 6.07) is 17.1. The van der Waals surface area contributed by atoms with E-state index in [1.165, 1.54) is 12.1 Å². The van der Waals surface area contributed by atoms with Gasteiger partial charge in [0.25, 0.3) is 5.91 Å². The van der Waals surface area contributed by atoms with Crippen molar-refractivity contribution in [1.82, 2.24) is 20.4 Å². The van der Waals surface area contributed by atoms with Crippen LogP contribution in [0.25, 0.3) is 11.3 Å². The van der Waals surface area contributed by atoms with Gasteiger partial charge in [0, 0.05) is 42.9 Å². The molecule has 0 aliphatic rings. The number of aryl methyl sites for hydroxylation is 1. The first-order valence-corrected chi connectivity index (χ1v) is 11.3. The zero-order valence-electron chi connectivity index (χ0n) is 19.2. The molecule has 2 N–H and O–H groups in total. The molecule has 33 heavy (non-hydrogen) atoms. The predicted molar refractivity (Wildman–Crippen MR) is 127 cm³/mol. The van der Waals surface area contributed by atoms with E-state index in [1.807, 2.05) is 31.2 Å². The highest BCUT2D eigenvalue weighted by Gasteiger charge is 2.16. The number of benzene rings is 2. The Morgan fingerprint density at radius 1 is 1.06 bits per heavy atom. The van der Waals surface area contributed by atoms with Gasteiger partial charge in [-0.1, -0.05) is 24.6 Å². The lowest BCUT2D eigenvalue weighted by Gasteiger charge is -2.20. The molecular weight excluding hydrogens is 419 g/mol. The van der Waals surface area contributed by atoms with Crippen LogP contribution in [0.2, 0.25) is 0 Å². The number of hydrogen-bond acceptors (Lipinski definition) is 3. The van der Waals surface area contributed by atoms with E-state index in [4.69, 9.17) is 0 Å². The van der Waals surface area contributed by atoms with Crippen LogP contribution in [0.4, 0.5) is 4.39 Å².